The van der Waals surface area contributed by atoms with E-state index >= 15 is 0 Å². The maximum atomic E-state index is 13.1. The lowest BCUT2D eigenvalue weighted by atomic mass is 9.66. The van der Waals surface area contributed by atoms with Crippen molar-refractivity contribution in [1.29, 1.82) is 0 Å². The minimum absolute atomic E-state index is 0.448. The quantitative estimate of drug-likeness (QED) is 0.382. The highest BCUT2D eigenvalue weighted by molar-refractivity contribution is 5.81. The monoisotopic (exact) mass is 450 g/mol. The lowest BCUT2D eigenvalue weighted by molar-refractivity contribution is -0.391. The molecule has 0 aromatic rings. The molecule has 0 bridgehead atoms. The molecule has 29 heavy (non-hydrogen) atoms. The molecule has 170 valence electrons. The number of ether oxygens (including phenoxy) is 1. The first-order valence-electron chi connectivity index (χ1n) is 7.89. The Hall–Kier alpha value is -1.57. The number of carbonyl (C=O) groups excluding carboxylic acids is 1. The summed E-state index contributed by atoms with van der Waals surface area (Å²) in [7, 11) is 0. The molecular weight excluding hydrogens is 434 g/mol. The van der Waals surface area contributed by atoms with E-state index in [1.807, 2.05) is 0 Å². The van der Waals surface area contributed by atoms with Crippen molar-refractivity contribution in [3.05, 3.63) is 12.7 Å². The molecule has 0 heterocycles. The molecule has 14 heteroatoms. The highest BCUT2D eigenvalue weighted by atomic mass is 19.4. The normalized spacial score (nSPS) is 26.6. The lowest BCUT2D eigenvalue weighted by Gasteiger charge is -2.47. The van der Waals surface area contributed by atoms with Crippen LogP contribution in [-0.4, -0.2) is 58.7 Å². The van der Waals surface area contributed by atoms with Gasteiger partial charge in [-0.3, -0.25) is 0 Å². The van der Waals surface area contributed by atoms with E-state index in [1.165, 1.54) is 0 Å². The van der Waals surface area contributed by atoms with E-state index in [0.717, 1.165) is 0 Å². The van der Waals surface area contributed by atoms with Crippen LogP contribution in [0.4, 0.5) is 43.9 Å². The largest absolute Gasteiger partial charge is 0.459 e. The molecule has 4 unspecified atom stereocenters. The Morgan fingerprint density at radius 1 is 0.897 bits per heavy atom. The summed E-state index contributed by atoms with van der Waals surface area (Å²) in [5.41, 5.74) is -9.80. The van der Waals surface area contributed by atoms with Crippen LogP contribution in [0.2, 0.25) is 0 Å². The van der Waals surface area contributed by atoms with Gasteiger partial charge in [0, 0.05) is 17.9 Å². The van der Waals surface area contributed by atoms with Crippen molar-refractivity contribution in [3.63, 3.8) is 0 Å². The summed E-state index contributed by atoms with van der Waals surface area (Å²) in [5, 5.41) is 19.2. The molecule has 4 nitrogen and oxygen atoms in total. The van der Waals surface area contributed by atoms with E-state index in [0.29, 0.717) is 6.08 Å². The van der Waals surface area contributed by atoms with Crippen LogP contribution >= 0.6 is 0 Å². The van der Waals surface area contributed by atoms with E-state index in [9.17, 15) is 58.9 Å². The molecule has 0 radical (unpaired) electrons. The molecule has 0 spiro atoms. The van der Waals surface area contributed by atoms with E-state index in [4.69, 9.17) is 0 Å². The zero-order valence-corrected chi connectivity index (χ0v) is 14.3. The van der Waals surface area contributed by atoms with Gasteiger partial charge in [0.15, 0.2) is 5.60 Å². The molecule has 0 saturated heterocycles. The van der Waals surface area contributed by atoms with Crippen molar-refractivity contribution in [2.45, 2.75) is 55.1 Å². The van der Waals surface area contributed by atoms with Crippen LogP contribution in [-0.2, 0) is 9.53 Å². The van der Waals surface area contributed by atoms with E-state index in [2.05, 4.69) is 11.3 Å². The third kappa shape index (κ3) is 4.62. The summed E-state index contributed by atoms with van der Waals surface area (Å²) in [4.78, 5) is 11.2. The van der Waals surface area contributed by atoms with E-state index in [-0.39, 0.29) is 0 Å². The molecule has 1 aliphatic carbocycles. The number of carbonyl (C=O) groups is 1. The topological polar surface area (TPSA) is 66.8 Å². The zero-order valence-electron chi connectivity index (χ0n) is 14.3. The Bertz CT molecular complexity index is 598. The third-order valence-electron chi connectivity index (χ3n) is 4.94. The second kappa shape index (κ2) is 7.93. The first-order valence-corrected chi connectivity index (χ1v) is 7.89. The van der Waals surface area contributed by atoms with Crippen LogP contribution < -0.4 is 0 Å². The number of rotatable bonds is 5. The minimum atomic E-state index is -6.38. The average Bonchev–Trinajstić information content (AvgIpc) is 2.56. The van der Waals surface area contributed by atoms with Gasteiger partial charge in [0.05, 0.1) is 0 Å². The smallest absolute Gasteiger partial charge is 0.426 e. The van der Waals surface area contributed by atoms with Crippen molar-refractivity contribution in [2.75, 3.05) is 6.67 Å². The highest BCUT2D eigenvalue weighted by Gasteiger charge is 2.75. The maximum Gasteiger partial charge on any atom is 0.426 e. The second-order valence-electron chi connectivity index (χ2n) is 6.68. The van der Waals surface area contributed by atoms with Crippen molar-refractivity contribution in [2.24, 2.45) is 11.8 Å². The Kier molecular flexibility index (Phi) is 6.96. The summed E-state index contributed by atoms with van der Waals surface area (Å²) in [6.45, 7) is 0.345. The molecule has 0 aromatic carbocycles. The van der Waals surface area contributed by atoms with Crippen molar-refractivity contribution < 1.29 is 63.6 Å². The number of hydrogen-bond donors (Lipinski definition) is 2. The van der Waals surface area contributed by atoms with Crippen LogP contribution in [0.25, 0.3) is 0 Å². The standard InChI is InChI=1S/C15H16F10O4/c1-2-10(26)29-9-4-7(11(27,6-16)13(17,18)19)3-8(5-9)12(28,14(20,21)22)15(23,24)25/h2,7-9,27-28H,1,3-6H2. The zero-order chi connectivity index (χ0) is 23.1. The van der Waals surface area contributed by atoms with Gasteiger partial charge in [-0.25, -0.2) is 9.18 Å². The fourth-order valence-corrected chi connectivity index (χ4v) is 3.35. The fourth-order valence-electron chi connectivity index (χ4n) is 3.35. The Morgan fingerprint density at radius 2 is 1.34 bits per heavy atom. The van der Waals surface area contributed by atoms with E-state index in [1.54, 1.807) is 0 Å². The maximum absolute atomic E-state index is 13.1. The predicted octanol–water partition coefficient (Wildman–Crippen LogP) is 3.62. The molecule has 0 aromatic heterocycles. The van der Waals surface area contributed by atoms with Crippen LogP contribution in [0.3, 0.4) is 0 Å². The molecular formula is C15H16F10O4. The van der Waals surface area contributed by atoms with Gasteiger partial charge in [0.1, 0.15) is 12.8 Å². The Labute approximate surface area is 157 Å². The van der Waals surface area contributed by atoms with Crippen LogP contribution in [0.15, 0.2) is 12.7 Å². The predicted molar refractivity (Wildman–Crippen MR) is 74.9 cm³/mol. The SMILES string of the molecule is C=CC(=O)OC1CC(C(O)(CF)C(F)(F)F)CC(C(O)(C(F)(F)F)C(F)(F)F)C1. The molecule has 1 rings (SSSR count). The summed E-state index contributed by atoms with van der Waals surface area (Å²) in [6, 6.07) is 0. The second-order valence-corrected chi connectivity index (χ2v) is 6.68. The molecule has 2 N–H and O–H groups in total. The van der Waals surface area contributed by atoms with Gasteiger partial charge in [0.2, 0.25) is 0 Å². The summed E-state index contributed by atoms with van der Waals surface area (Å²) in [5.74, 6) is -6.98. The molecule has 1 saturated carbocycles. The molecule has 0 amide bonds. The summed E-state index contributed by atoms with van der Waals surface area (Å²) < 4.78 is 136. The van der Waals surface area contributed by atoms with Crippen molar-refractivity contribution >= 4 is 5.97 Å². The number of esters is 1. The van der Waals surface area contributed by atoms with Crippen LogP contribution in [0.5, 0.6) is 0 Å². The van der Waals surface area contributed by atoms with Crippen molar-refractivity contribution in [1.82, 2.24) is 0 Å². The number of halogens is 10. The summed E-state index contributed by atoms with van der Waals surface area (Å²) >= 11 is 0. The van der Waals surface area contributed by atoms with Crippen LogP contribution in [0, 0.1) is 11.8 Å². The Morgan fingerprint density at radius 3 is 1.69 bits per heavy atom. The Balaban J connectivity index is 3.50. The van der Waals surface area contributed by atoms with Gasteiger partial charge in [-0.15, -0.1) is 0 Å². The van der Waals surface area contributed by atoms with Gasteiger partial charge in [-0.05, 0) is 19.3 Å². The number of alkyl halides is 10. The van der Waals surface area contributed by atoms with Crippen molar-refractivity contribution in [3.8, 4) is 0 Å². The molecule has 1 fully saturated rings. The number of aliphatic hydroxyl groups is 2. The minimum Gasteiger partial charge on any atom is -0.459 e. The molecule has 1 aliphatic rings. The third-order valence-corrected chi connectivity index (χ3v) is 4.94. The number of hydrogen-bond acceptors (Lipinski definition) is 4. The van der Waals surface area contributed by atoms with E-state index < -0.39 is 79.6 Å². The van der Waals surface area contributed by atoms with Gasteiger partial charge in [-0.1, -0.05) is 6.58 Å². The van der Waals surface area contributed by atoms with Crippen LogP contribution in [0.1, 0.15) is 19.3 Å². The van der Waals surface area contributed by atoms with Gasteiger partial charge >= 0.3 is 24.5 Å². The average molecular weight is 450 g/mol. The van der Waals surface area contributed by atoms with Gasteiger partial charge in [-0.2, -0.15) is 39.5 Å². The summed E-state index contributed by atoms with van der Waals surface area (Å²) in [6.07, 6.45) is -24.2. The molecule has 4 atom stereocenters. The first kappa shape index (κ1) is 25.5. The lowest BCUT2D eigenvalue weighted by Crippen LogP contribution is -2.65. The van der Waals surface area contributed by atoms with Gasteiger partial charge < -0.3 is 14.9 Å². The highest BCUT2D eigenvalue weighted by Crippen LogP contribution is 2.55. The fraction of sp³-hybridized carbons (Fsp3) is 0.800. The first-order chi connectivity index (χ1) is 12.8. The molecule has 0 aliphatic heterocycles. The van der Waals surface area contributed by atoms with Gasteiger partial charge in [0.25, 0.3) is 5.60 Å².